The fourth-order valence-electron chi connectivity index (χ4n) is 2.88. The van der Waals surface area contributed by atoms with Gasteiger partial charge in [-0.2, -0.15) is 0 Å². The Bertz CT molecular complexity index is 829. The molecule has 7 nitrogen and oxygen atoms in total. The summed E-state index contributed by atoms with van der Waals surface area (Å²) in [5, 5.41) is 0. The monoisotopic (exact) mass is 423 g/mol. The second-order valence-corrected chi connectivity index (χ2v) is 6.54. The summed E-state index contributed by atoms with van der Waals surface area (Å²) < 4.78 is 21.4. The van der Waals surface area contributed by atoms with Crippen LogP contribution in [0.4, 0.5) is 0 Å². The Balaban J connectivity index is 2.06. The number of benzene rings is 1. The number of amides is 1. The van der Waals surface area contributed by atoms with E-state index >= 15 is 0 Å². The van der Waals surface area contributed by atoms with E-state index in [4.69, 9.17) is 18.9 Å². The number of allylic oxidation sites excluding steroid dienone is 1. The lowest BCUT2D eigenvalue weighted by Gasteiger charge is -2.16. The van der Waals surface area contributed by atoms with Crippen LogP contribution in [0, 0.1) is 0 Å². The van der Waals surface area contributed by atoms with Crippen molar-refractivity contribution in [1.29, 1.82) is 0 Å². The number of esters is 1. The molecule has 2 heterocycles. The molecule has 0 aliphatic carbocycles. The smallest absolute Gasteiger partial charge is 0.340 e. The average molecular weight is 424 g/mol. The van der Waals surface area contributed by atoms with Gasteiger partial charge in [-0.25, -0.2) is 4.79 Å². The predicted octanol–water partition coefficient (Wildman–Crippen LogP) is 2.50. The third-order valence-corrected chi connectivity index (χ3v) is 4.90. The fourth-order valence-corrected chi connectivity index (χ4v) is 3.32. The van der Waals surface area contributed by atoms with Gasteiger partial charge in [-0.05, 0) is 30.7 Å². The molecule has 26 heavy (non-hydrogen) atoms. The highest BCUT2D eigenvalue weighted by atomic mass is 79.9. The molecule has 138 valence electrons. The van der Waals surface area contributed by atoms with E-state index < -0.39 is 5.97 Å². The molecule has 3 rings (SSSR count). The van der Waals surface area contributed by atoms with Crippen LogP contribution in [-0.4, -0.2) is 50.9 Å². The van der Waals surface area contributed by atoms with E-state index in [2.05, 4.69) is 15.9 Å². The molecule has 1 aromatic rings. The zero-order chi connectivity index (χ0) is 18.8. The summed E-state index contributed by atoms with van der Waals surface area (Å²) >= 11 is 3.47. The standard InChI is InChI=1S/C18H18BrNO6/c1-10-16(18(22)24-3)12(17(21)20(10)4-5-23-2)6-11-7-14-15(8-13(11)19)26-9-25-14/h6-8H,4-5,9H2,1-3H3/b12-6-. The number of carbonyl (C=O) groups excluding carboxylic acids is 2. The highest BCUT2D eigenvalue weighted by Gasteiger charge is 2.37. The zero-order valence-corrected chi connectivity index (χ0v) is 16.2. The molecule has 0 bridgehead atoms. The highest BCUT2D eigenvalue weighted by molar-refractivity contribution is 9.10. The molecule has 0 N–H and O–H groups in total. The first-order chi connectivity index (χ1) is 12.5. The zero-order valence-electron chi connectivity index (χ0n) is 14.6. The lowest BCUT2D eigenvalue weighted by molar-refractivity contribution is -0.136. The molecule has 0 unspecified atom stereocenters. The second kappa shape index (κ2) is 7.51. The van der Waals surface area contributed by atoms with Gasteiger partial charge in [0.25, 0.3) is 5.91 Å². The van der Waals surface area contributed by atoms with Crippen LogP contribution in [0.5, 0.6) is 11.5 Å². The van der Waals surface area contributed by atoms with Gasteiger partial charge in [0.15, 0.2) is 11.5 Å². The number of hydrogen-bond acceptors (Lipinski definition) is 6. The normalized spacial score (nSPS) is 17.5. The maximum atomic E-state index is 12.9. The van der Waals surface area contributed by atoms with E-state index in [0.717, 1.165) is 4.47 Å². The minimum atomic E-state index is -0.557. The molecule has 0 radical (unpaired) electrons. The van der Waals surface area contributed by atoms with Gasteiger partial charge in [0.2, 0.25) is 6.79 Å². The van der Waals surface area contributed by atoms with Gasteiger partial charge < -0.3 is 23.8 Å². The quantitative estimate of drug-likeness (QED) is 0.534. The van der Waals surface area contributed by atoms with Crippen molar-refractivity contribution in [2.24, 2.45) is 0 Å². The average Bonchev–Trinajstić information content (AvgIpc) is 3.16. The number of hydrogen-bond donors (Lipinski definition) is 0. The van der Waals surface area contributed by atoms with Crippen molar-refractivity contribution in [2.75, 3.05) is 34.2 Å². The summed E-state index contributed by atoms with van der Waals surface area (Å²) in [6, 6.07) is 3.53. The van der Waals surface area contributed by atoms with Gasteiger partial charge in [-0.3, -0.25) is 4.79 Å². The van der Waals surface area contributed by atoms with Crippen LogP contribution in [-0.2, 0) is 19.1 Å². The summed E-state index contributed by atoms with van der Waals surface area (Å²) in [5.41, 5.74) is 1.76. The largest absolute Gasteiger partial charge is 0.465 e. The fraction of sp³-hybridized carbons (Fsp3) is 0.333. The Labute approximate surface area is 159 Å². The molecule has 2 aliphatic rings. The molecule has 0 aromatic heterocycles. The van der Waals surface area contributed by atoms with Gasteiger partial charge in [-0.15, -0.1) is 0 Å². The lowest BCUT2D eigenvalue weighted by Crippen LogP contribution is -2.28. The number of methoxy groups -OCH3 is 2. The molecule has 1 aromatic carbocycles. The van der Waals surface area contributed by atoms with Crippen LogP contribution in [0.3, 0.4) is 0 Å². The van der Waals surface area contributed by atoms with E-state index in [1.165, 1.54) is 12.0 Å². The maximum Gasteiger partial charge on any atom is 0.340 e. The number of rotatable bonds is 5. The minimum Gasteiger partial charge on any atom is -0.465 e. The van der Waals surface area contributed by atoms with Crippen LogP contribution in [0.25, 0.3) is 6.08 Å². The van der Waals surface area contributed by atoms with E-state index in [1.54, 1.807) is 32.2 Å². The van der Waals surface area contributed by atoms with Crippen molar-refractivity contribution >= 4 is 33.9 Å². The summed E-state index contributed by atoms with van der Waals surface area (Å²) in [4.78, 5) is 26.7. The molecule has 0 saturated heterocycles. The number of halogens is 1. The van der Waals surface area contributed by atoms with Crippen molar-refractivity contribution in [3.63, 3.8) is 0 Å². The van der Waals surface area contributed by atoms with Crippen molar-refractivity contribution < 1.29 is 28.5 Å². The molecule has 0 saturated carbocycles. The van der Waals surface area contributed by atoms with Crippen LogP contribution in [0.2, 0.25) is 0 Å². The summed E-state index contributed by atoms with van der Waals surface area (Å²) in [7, 11) is 2.85. The Kier molecular flexibility index (Phi) is 5.33. The van der Waals surface area contributed by atoms with Crippen LogP contribution in [0.1, 0.15) is 12.5 Å². The van der Waals surface area contributed by atoms with Gasteiger partial charge in [0.1, 0.15) is 0 Å². The van der Waals surface area contributed by atoms with Crippen molar-refractivity contribution in [3.05, 3.63) is 39.0 Å². The molecule has 1 amide bonds. The molecule has 0 fully saturated rings. The molecule has 0 spiro atoms. The lowest BCUT2D eigenvalue weighted by atomic mass is 10.0. The summed E-state index contributed by atoms with van der Waals surface area (Å²) in [6.07, 6.45) is 1.65. The van der Waals surface area contributed by atoms with Crippen LogP contribution < -0.4 is 9.47 Å². The van der Waals surface area contributed by atoms with E-state index in [9.17, 15) is 9.59 Å². The van der Waals surface area contributed by atoms with Crippen molar-refractivity contribution in [3.8, 4) is 11.5 Å². The first-order valence-electron chi connectivity index (χ1n) is 7.89. The van der Waals surface area contributed by atoms with Gasteiger partial charge >= 0.3 is 5.97 Å². The van der Waals surface area contributed by atoms with E-state index in [0.29, 0.717) is 35.9 Å². The van der Waals surface area contributed by atoms with Crippen molar-refractivity contribution in [1.82, 2.24) is 4.90 Å². The van der Waals surface area contributed by atoms with Gasteiger partial charge in [-0.1, -0.05) is 15.9 Å². The molecule has 0 atom stereocenters. The van der Waals surface area contributed by atoms with E-state index in [-0.39, 0.29) is 23.8 Å². The number of fused-ring (bicyclic) bond motifs is 1. The van der Waals surface area contributed by atoms with E-state index in [1.807, 2.05) is 0 Å². The summed E-state index contributed by atoms with van der Waals surface area (Å²) in [5.74, 6) is 0.379. The Morgan fingerprint density at radius 2 is 2.00 bits per heavy atom. The SMILES string of the molecule is COCCN1C(=O)/C(=C\c2cc3c(cc2Br)OCO3)C(C(=O)OC)=C1C. The molecule has 2 aliphatic heterocycles. The third kappa shape index (κ3) is 3.22. The third-order valence-electron chi connectivity index (χ3n) is 4.21. The topological polar surface area (TPSA) is 74.3 Å². The Hall–Kier alpha value is -2.32. The Morgan fingerprint density at radius 3 is 2.65 bits per heavy atom. The van der Waals surface area contributed by atoms with Crippen molar-refractivity contribution in [2.45, 2.75) is 6.92 Å². The first kappa shape index (κ1) is 18.5. The van der Waals surface area contributed by atoms with Crippen LogP contribution >= 0.6 is 15.9 Å². The number of carbonyl (C=O) groups is 2. The van der Waals surface area contributed by atoms with Gasteiger partial charge in [0.05, 0.1) is 24.9 Å². The van der Waals surface area contributed by atoms with Crippen LogP contribution in [0.15, 0.2) is 33.4 Å². The first-order valence-corrected chi connectivity index (χ1v) is 8.68. The summed E-state index contributed by atoms with van der Waals surface area (Å²) in [6.45, 7) is 2.58. The highest BCUT2D eigenvalue weighted by Crippen LogP contribution is 2.39. The number of nitrogens with zero attached hydrogens (tertiary/aromatic N) is 1. The maximum absolute atomic E-state index is 12.9. The number of ether oxygens (including phenoxy) is 4. The van der Waals surface area contributed by atoms with Gasteiger partial charge in [0, 0.05) is 23.8 Å². The molecular formula is C18H18BrNO6. The molecular weight excluding hydrogens is 406 g/mol. The minimum absolute atomic E-state index is 0.151. The predicted molar refractivity (Wildman–Crippen MR) is 96.5 cm³/mol. The Morgan fingerprint density at radius 1 is 1.31 bits per heavy atom. The molecule has 8 heteroatoms. The second-order valence-electron chi connectivity index (χ2n) is 5.69.